The standard InChI is InChI=1S/C10H16N4O2/c1-16-8-4-2-3-6(8)12-10(15)7-5-9(11)14-13-7/h5-6,8H,2-4H2,1H3,(H,12,15)(H3,11,13,14). The molecule has 1 aromatic heterocycles. The predicted octanol–water partition coefficient (Wildman–Crippen LogP) is 0.289. The van der Waals surface area contributed by atoms with Crippen LogP contribution in [0.4, 0.5) is 5.82 Å². The number of nitrogen functional groups attached to an aromatic ring is 1. The van der Waals surface area contributed by atoms with E-state index in [1.54, 1.807) is 7.11 Å². The van der Waals surface area contributed by atoms with Crippen LogP contribution in [0.25, 0.3) is 0 Å². The van der Waals surface area contributed by atoms with Gasteiger partial charge in [0.15, 0.2) is 0 Å². The largest absolute Gasteiger partial charge is 0.382 e. The van der Waals surface area contributed by atoms with Crippen LogP contribution >= 0.6 is 0 Å². The Hall–Kier alpha value is -1.56. The Bertz CT molecular complexity index is 377. The molecule has 1 aliphatic carbocycles. The van der Waals surface area contributed by atoms with Gasteiger partial charge in [-0.05, 0) is 19.3 Å². The highest BCUT2D eigenvalue weighted by Gasteiger charge is 2.28. The van der Waals surface area contributed by atoms with Crippen LogP contribution < -0.4 is 11.1 Å². The van der Waals surface area contributed by atoms with E-state index in [2.05, 4.69) is 15.5 Å². The number of amides is 1. The van der Waals surface area contributed by atoms with E-state index in [9.17, 15) is 4.79 Å². The van der Waals surface area contributed by atoms with Crippen LogP contribution in [0.2, 0.25) is 0 Å². The summed E-state index contributed by atoms with van der Waals surface area (Å²) < 4.78 is 5.30. The van der Waals surface area contributed by atoms with Crippen LogP contribution in [0.15, 0.2) is 6.07 Å². The first-order valence-corrected chi connectivity index (χ1v) is 5.35. The first kappa shape index (κ1) is 10.9. The van der Waals surface area contributed by atoms with Gasteiger partial charge in [0.05, 0.1) is 12.1 Å². The minimum absolute atomic E-state index is 0.0852. The number of nitrogens with zero attached hydrogens (tertiary/aromatic N) is 1. The van der Waals surface area contributed by atoms with E-state index in [1.807, 2.05) is 0 Å². The average Bonchev–Trinajstić information content (AvgIpc) is 2.86. The van der Waals surface area contributed by atoms with Crippen LogP contribution in [-0.4, -0.2) is 35.4 Å². The number of aromatic amines is 1. The van der Waals surface area contributed by atoms with Gasteiger partial charge in [-0.25, -0.2) is 0 Å². The molecule has 0 radical (unpaired) electrons. The number of nitrogens with one attached hydrogen (secondary N) is 2. The van der Waals surface area contributed by atoms with Crippen molar-refractivity contribution in [3.05, 3.63) is 11.8 Å². The zero-order valence-electron chi connectivity index (χ0n) is 9.19. The van der Waals surface area contributed by atoms with Crippen molar-refractivity contribution in [3.8, 4) is 0 Å². The summed E-state index contributed by atoms with van der Waals surface area (Å²) in [5, 5.41) is 9.22. The van der Waals surface area contributed by atoms with E-state index in [1.165, 1.54) is 6.07 Å². The van der Waals surface area contributed by atoms with E-state index >= 15 is 0 Å². The van der Waals surface area contributed by atoms with Crippen LogP contribution in [0.3, 0.4) is 0 Å². The van der Waals surface area contributed by atoms with Crippen LogP contribution in [-0.2, 0) is 4.74 Å². The first-order chi connectivity index (χ1) is 7.70. The molecule has 88 valence electrons. The lowest BCUT2D eigenvalue weighted by atomic mass is 10.2. The van der Waals surface area contributed by atoms with Crippen molar-refractivity contribution in [1.82, 2.24) is 15.5 Å². The van der Waals surface area contributed by atoms with Crippen molar-refractivity contribution in [1.29, 1.82) is 0 Å². The first-order valence-electron chi connectivity index (χ1n) is 5.35. The lowest BCUT2D eigenvalue weighted by Crippen LogP contribution is -2.40. The molecule has 1 amide bonds. The van der Waals surface area contributed by atoms with Crippen molar-refractivity contribution in [3.63, 3.8) is 0 Å². The molecule has 6 heteroatoms. The molecule has 16 heavy (non-hydrogen) atoms. The summed E-state index contributed by atoms with van der Waals surface area (Å²) >= 11 is 0. The van der Waals surface area contributed by atoms with Gasteiger partial charge >= 0.3 is 0 Å². The van der Waals surface area contributed by atoms with Gasteiger partial charge in [0, 0.05) is 13.2 Å². The maximum atomic E-state index is 11.8. The molecule has 1 aromatic rings. The Morgan fingerprint density at radius 3 is 3.12 bits per heavy atom. The third kappa shape index (κ3) is 2.16. The summed E-state index contributed by atoms with van der Waals surface area (Å²) in [4.78, 5) is 11.8. The molecule has 2 rings (SSSR count). The summed E-state index contributed by atoms with van der Waals surface area (Å²) in [6.07, 6.45) is 3.14. The topological polar surface area (TPSA) is 93.0 Å². The number of carbonyl (C=O) groups excluding carboxylic acids is 1. The number of hydrogen-bond donors (Lipinski definition) is 3. The van der Waals surface area contributed by atoms with Gasteiger partial charge in [-0.1, -0.05) is 0 Å². The van der Waals surface area contributed by atoms with Crippen molar-refractivity contribution >= 4 is 11.7 Å². The third-order valence-corrected chi connectivity index (χ3v) is 2.91. The minimum atomic E-state index is -0.182. The number of hydrogen-bond acceptors (Lipinski definition) is 4. The number of rotatable bonds is 3. The smallest absolute Gasteiger partial charge is 0.269 e. The fourth-order valence-electron chi connectivity index (χ4n) is 2.07. The minimum Gasteiger partial charge on any atom is -0.382 e. The fraction of sp³-hybridized carbons (Fsp3) is 0.600. The second-order valence-corrected chi connectivity index (χ2v) is 3.99. The molecule has 1 fully saturated rings. The second-order valence-electron chi connectivity index (χ2n) is 3.99. The molecule has 2 unspecified atom stereocenters. The number of H-pyrrole nitrogens is 1. The quantitative estimate of drug-likeness (QED) is 0.688. The number of anilines is 1. The Balaban J connectivity index is 1.97. The van der Waals surface area contributed by atoms with E-state index < -0.39 is 0 Å². The molecule has 0 bridgehead atoms. The number of aromatic nitrogens is 2. The Morgan fingerprint density at radius 2 is 2.50 bits per heavy atom. The molecule has 2 atom stereocenters. The summed E-state index contributed by atoms with van der Waals surface area (Å²) in [5.41, 5.74) is 5.82. The normalized spacial score (nSPS) is 24.6. The maximum Gasteiger partial charge on any atom is 0.269 e. The fourth-order valence-corrected chi connectivity index (χ4v) is 2.07. The highest BCUT2D eigenvalue weighted by molar-refractivity contribution is 5.93. The van der Waals surface area contributed by atoms with Gasteiger partial charge in [-0.2, -0.15) is 5.10 Å². The van der Waals surface area contributed by atoms with Gasteiger partial charge in [0.2, 0.25) is 0 Å². The van der Waals surface area contributed by atoms with Crippen molar-refractivity contribution in [2.75, 3.05) is 12.8 Å². The van der Waals surface area contributed by atoms with Crippen molar-refractivity contribution in [2.45, 2.75) is 31.4 Å². The van der Waals surface area contributed by atoms with E-state index in [0.717, 1.165) is 19.3 Å². The number of methoxy groups -OCH3 is 1. The zero-order chi connectivity index (χ0) is 11.5. The molecule has 0 saturated heterocycles. The van der Waals surface area contributed by atoms with Crippen molar-refractivity contribution in [2.24, 2.45) is 0 Å². The van der Waals surface area contributed by atoms with Gasteiger partial charge < -0.3 is 15.8 Å². The van der Waals surface area contributed by atoms with Crippen LogP contribution in [0.1, 0.15) is 29.8 Å². The summed E-state index contributed by atoms with van der Waals surface area (Å²) in [5.74, 6) is 0.137. The van der Waals surface area contributed by atoms with Crippen molar-refractivity contribution < 1.29 is 9.53 Å². The monoisotopic (exact) mass is 224 g/mol. The molecule has 0 aliphatic heterocycles. The summed E-state index contributed by atoms with van der Waals surface area (Å²) in [7, 11) is 1.67. The lowest BCUT2D eigenvalue weighted by Gasteiger charge is -2.18. The highest BCUT2D eigenvalue weighted by Crippen LogP contribution is 2.21. The molecule has 0 spiro atoms. The number of ether oxygens (including phenoxy) is 1. The average molecular weight is 224 g/mol. The van der Waals surface area contributed by atoms with Crippen LogP contribution in [0.5, 0.6) is 0 Å². The molecule has 1 aliphatic rings. The molecular weight excluding hydrogens is 208 g/mol. The molecule has 1 saturated carbocycles. The Kier molecular flexibility index (Phi) is 3.09. The Morgan fingerprint density at radius 1 is 1.69 bits per heavy atom. The van der Waals surface area contributed by atoms with Gasteiger partial charge in [0.25, 0.3) is 5.91 Å². The number of carbonyl (C=O) groups is 1. The number of nitrogens with two attached hydrogens (primary N) is 1. The van der Waals surface area contributed by atoms with Gasteiger partial charge in [-0.3, -0.25) is 9.89 Å². The summed E-state index contributed by atoms with van der Waals surface area (Å²) in [6, 6.07) is 1.61. The van der Waals surface area contributed by atoms with Gasteiger partial charge in [0.1, 0.15) is 11.5 Å². The van der Waals surface area contributed by atoms with E-state index in [0.29, 0.717) is 11.5 Å². The van der Waals surface area contributed by atoms with E-state index in [4.69, 9.17) is 10.5 Å². The predicted molar refractivity (Wildman–Crippen MR) is 58.9 cm³/mol. The lowest BCUT2D eigenvalue weighted by molar-refractivity contribution is 0.0719. The second kappa shape index (κ2) is 4.52. The Labute approximate surface area is 93.5 Å². The SMILES string of the molecule is COC1CCCC1NC(=O)c1cc(N)n[nH]1. The molecule has 1 heterocycles. The molecule has 4 N–H and O–H groups in total. The third-order valence-electron chi connectivity index (χ3n) is 2.91. The van der Waals surface area contributed by atoms with Gasteiger partial charge in [-0.15, -0.1) is 0 Å². The zero-order valence-corrected chi connectivity index (χ0v) is 9.19. The molecular formula is C10H16N4O2. The maximum absolute atomic E-state index is 11.8. The highest BCUT2D eigenvalue weighted by atomic mass is 16.5. The van der Waals surface area contributed by atoms with Crippen LogP contribution in [0, 0.1) is 0 Å². The summed E-state index contributed by atoms with van der Waals surface area (Å²) in [6.45, 7) is 0. The molecule has 0 aromatic carbocycles. The van der Waals surface area contributed by atoms with E-state index in [-0.39, 0.29) is 18.1 Å². The molecule has 6 nitrogen and oxygen atoms in total.